The Morgan fingerprint density at radius 2 is 2.17 bits per heavy atom. The summed E-state index contributed by atoms with van der Waals surface area (Å²) in [4.78, 5) is 0. The van der Waals surface area contributed by atoms with E-state index in [-0.39, 0.29) is 0 Å². The van der Waals surface area contributed by atoms with E-state index >= 15 is 0 Å². The fourth-order valence-electron chi connectivity index (χ4n) is 2.01. The molecule has 0 radical (unpaired) electrons. The van der Waals surface area contributed by atoms with Crippen molar-refractivity contribution < 1.29 is 5.11 Å². The van der Waals surface area contributed by atoms with Crippen molar-refractivity contribution in [1.29, 1.82) is 0 Å². The van der Waals surface area contributed by atoms with Gasteiger partial charge in [0.05, 0.1) is 0 Å². The Balaban J connectivity index is 2.60. The molecule has 0 heterocycles. The van der Waals surface area contributed by atoms with Gasteiger partial charge in [0, 0.05) is 0 Å². The van der Waals surface area contributed by atoms with Crippen molar-refractivity contribution in [2.24, 2.45) is 0 Å². The Bertz CT molecular complexity index is 315. The third-order valence-corrected chi connectivity index (χ3v) is 2.88. The topological polar surface area (TPSA) is 20.2 Å². The van der Waals surface area contributed by atoms with Gasteiger partial charge in [0.2, 0.25) is 0 Å². The summed E-state index contributed by atoms with van der Waals surface area (Å²) in [5, 5.41) is 9.74. The molecule has 0 saturated heterocycles. The zero-order valence-electron chi connectivity index (χ0n) is 7.59. The summed E-state index contributed by atoms with van der Waals surface area (Å²) >= 11 is 0. The zero-order chi connectivity index (χ0) is 8.72. The summed E-state index contributed by atoms with van der Waals surface area (Å²) < 4.78 is 0. The number of aromatic hydroxyl groups is 1. The van der Waals surface area contributed by atoms with Crippen molar-refractivity contribution in [2.45, 2.75) is 32.6 Å². The molecular weight excluding hydrogens is 148 g/mol. The normalized spacial score (nSPS) is 21.0. The molecule has 1 aliphatic carbocycles. The predicted octanol–water partition coefficient (Wildman–Crippen LogP) is 2.75. The largest absolute Gasteiger partial charge is 0.507 e. The number of hydrogen-bond acceptors (Lipinski definition) is 1. The maximum Gasteiger partial charge on any atom is 0.121 e. The lowest BCUT2D eigenvalue weighted by Gasteiger charge is -2.07. The molecule has 1 N–H and O–H groups in total. The third kappa shape index (κ3) is 0.927. The van der Waals surface area contributed by atoms with Gasteiger partial charge in [-0.05, 0) is 42.4 Å². The standard InChI is InChI=1S/C11H14O/c1-7-3-6-10-9(7)5-4-8(2)11(10)12/h4-5,7,12H,3,6H2,1-2H3. The van der Waals surface area contributed by atoms with Gasteiger partial charge in [-0.1, -0.05) is 19.1 Å². The van der Waals surface area contributed by atoms with E-state index in [4.69, 9.17) is 0 Å². The Kier molecular flexibility index (Phi) is 1.60. The molecule has 0 saturated carbocycles. The number of benzene rings is 1. The Hall–Kier alpha value is -0.980. The minimum Gasteiger partial charge on any atom is -0.507 e. The molecule has 64 valence electrons. The molecular formula is C11H14O. The number of hydrogen-bond donors (Lipinski definition) is 1. The van der Waals surface area contributed by atoms with E-state index in [1.54, 1.807) is 0 Å². The van der Waals surface area contributed by atoms with Gasteiger partial charge in [-0.25, -0.2) is 0 Å². The van der Waals surface area contributed by atoms with Crippen LogP contribution in [0.4, 0.5) is 0 Å². The van der Waals surface area contributed by atoms with Crippen LogP contribution in [0.25, 0.3) is 0 Å². The van der Waals surface area contributed by atoms with Gasteiger partial charge in [-0.3, -0.25) is 0 Å². The first-order valence-electron chi connectivity index (χ1n) is 4.51. The summed E-state index contributed by atoms with van der Waals surface area (Å²) in [5.74, 6) is 1.16. The maximum atomic E-state index is 9.74. The van der Waals surface area contributed by atoms with Crippen LogP contribution in [0.2, 0.25) is 0 Å². The second-order valence-corrected chi connectivity index (χ2v) is 3.74. The number of fused-ring (bicyclic) bond motifs is 1. The van der Waals surface area contributed by atoms with Crippen LogP contribution in [-0.4, -0.2) is 5.11 Å². The summed E-state index contributed by atoms with van der Waals surface area (Å²) in [5.41, 5.74) is 3.53. The summed E-state index contributed by atoms with van der Waals surface area (Å²) in [6.45, 7) is 4.18. The van der Waals surface area contributed by atoms with Crippen LogP contribution in [0, 0.1) is 6.92 Å². The molecule has 1 unspecified atom stereocenters. The van der Waals surface area contributed by atoms with E-state index in [1.165, 1.54) is 17.5 Å². The lowest BCUT2D eigenvalue weighted by atomic mass is 10.0. The Labute approximate surface area is 73.0 Å². The molecule has 0 spiro atoms. The number of rotatable bonds is 0. The van der Waals surface area contributed by atoms with E-state index in [0.29, 0.717) is 11.7 Å². The first kappa shape index (κ1) is 7.66. The molecule has 1 atom stereocenters. The molecule has 1 aliphatic rings. The number of aryl methyl sites for hydroxylation is 1. The highest BCUT2D eigenvalue weighted by Crippen LogP contribution is 2.38. The molecule has 0 aromatic heterocycles. The van der Waals surface area contributed by atoms with Gasteiger partial charge < -0.3 is 5.11 Å². The van der Waals surface area contributed by atoms with Gasteiger partial charge in [-0.2, -0.15) is 0 Å². The highest BCUT2D eigenvalue weighted by atomic mass is 16.3. The van der Waals surface area contributed by atoms with Gasteiger partial charge >= 0.3 is 0 Å². The second-order valence-electron chi connectivity index (χ2n) is 3.74. The van der Waals surface area contributed by atoms with Crippen molar-refractivity contribution >= 4 is 0 Å². The van der Waals surface area contributed by atoms with Crippen LogP contribution in [-0.2, 0) is 6.42 Å². The first-order valence-corrected chi connectivity index (χ1v) is 4.51. The minimum atomic E-state index is 0.525. The SMILES string of the molecule is Cc1ccc2c(c1O)CCC2C. The highest BCUT2D eigenvalue weighted by molar-refractivity contribution is 5.48. The molecule has 0 aliphatic heterocycles. The van der Waals surface area contributed by atoms with Gasteiger partial charge in [0.25, 0.3) is 0 Å². The van der Waals surface area contributed by atoms with Crippen LogP contribution < -0.4 is 0 Å². The fourth-order valence-corrected chi connectivity index (χ4v) is 2.01. The van der Waals surface area contributed by atoms with E-state index < -0.39 is 0 Å². The lowest BCUT2D eigenvalue weighted by Crippen LogP contribution is -1.87. The van der Waals surface area contributed by atoms with Gasteiger partial charge in [0.15, 0.2) is 0 Å². The maximum absolute atomic E-state index is 9.74. The van der Waals surface area contributed by atoms with Crippen molar-refractivity contribution in [3.05, 3.63) is 28.8 Å². The van der Waals surface area contributed by atoms with E-state index in [1.807, 2.05) is 13.0 Å². The summed E-state index contributed by atoms with van der Waals surface area (Å²) in [7, 11) is 0. The average molecular weight is 162 g/mol. The molecule has 0 amide bonds. The molecule has 0 bridgehead atoms. The van der Waals surface area contributed by atoms with Crippen molar-refractivity contribution in [3.63, 3.8) is 0 Å². The highest BCUT2D eigenvalue weighted by Gasteiger charge is 2.21. The molecule has 1 nitrogen and oxygen atoms in total. The molecule has 1 aromatic rings. The summed E-state index contributed by atoms with van der Waals surface area (Å²) in [6.07, 6.45) is 2.23. The van der Waals surface area contributed by atoms with E-state index in [0.717, 1.165) is 12.0 Å². The summed E-state index contributed by atoms with van der Waals surface area (Å²) in [6, 6.07) is 4.16. The monoisotopic (exact) mass is 162 g/mol. The second kappa shape index (κ2) is 2.51. The minimum absolute atomic E-state index is 0.525. The van der Waals surface area contributed by atoms with Gasteiger partial charge in [-0.15, -0.1) is 0 Å². The van der Waals surface area contributed by atoms with Crippen LogP contribution in [0.5, 0.6) is 5.75 Å². The fraction of sp³-hybridized carbons (Fsp3) is 0.455. The van der Waals surface area contributed by atoms with Crippen LogP contribution >= 0.6 is 0 Å². The Morgan fingerprint density at radius 1 is 1.42 bits per heavy atom. The van der Waals surface area contributed by atoms with Crippen molar-refractivity contribution in [1.82, 2.24) is 0 Å². The number of phenols is 1. The average Bonchev–Trinajstić information content (AvgIpc) is 2.41. The smallest absolute Gasteiger partial charge is 0.121 e. The van der Waals surface area contributed by atoms with E-state index in [2.05, 4.69) is 13.0 Å². The van der Waals surface area contributed by atoms with Gasteiger partial charge in [0.1, 0.15) is 5.75 Å². The molecule has 1 aromatic carbocycles. The van der Waals surface area contributed by atoms with Crippen LogP contribution in [0.3, 0.4) is 0 Å². The Morgan fingerprint density at radius 3 is 2.92 bits per heavy atom. The molecule has 1 heteroatoms. The molecule has 12 heavy (non-hydrogen) atoms. The zero-order valence-corrected chi connectivity index (χ0v) is 7.59. The van der Waals surface area contributed by atoms with Crippen LogP contribution in [0.1, 0.15) is 36.0 Å². The van der Waals surface area contributed by atoms with E-state index in [9.17, 15) is 5.11 Å². The first-order chi connectivity index (χ1) is 5.70. The third-order valence-electron chi connectivity index (χ3n) is 2.88. The molecule has 0 fully saturated rings. The predicted molar refractivity (Wildman–Crippen MR) is 49.6 cm³/mol. The van der Waals surface area contributed by atoms with Crippen molar-refractivity contribution in [2.75, 3.05) is 0 Å². The lowest BCUT2D eigenvalue weighted by molar-refractivity contribution is 0.465. The van der Waals surface area contributed by atoms with Crippen LogP contribution in [0.15, 0.2) is 12.1 Å². The van der Waals surface area contributed by atoms with Crippen molar-refractivity contribution in [3.8, 4) is 5.75 Å². The molecule has 2 rings (SSSR count). The quantitative estimate of drug-likeness (QED) is 0.622. The number of phenolic OH excluding ortho intramolecular Hbond substituents is 1.